The Morgan fingerprint density at radius 3 is 2.72 bits per heavy atom. The lowest BCUT2D eigenvalue weighted by Gasteiger charge is -2.13. The summed E-state index contributed by atoms with van der Waals surface area (Å²) in [5.41, 5.74) is 2.13. The number of carbonyl (C=O) groups is 1. The predicted octanol–water partition coefficient (Wildman–Crippen LogP) is 3.82. The normalized spacial score (nSPS) is 12.2. The second kappa shape index (κ2) is 6.47. The van der Waals surface area contributed by atoms with Crippen molar-refractivity contribution in [2.24, 2.45) is 5.84 Å². The van der Waals surface area contributed by atoms with Gasteiger partial charge < -0.3 is 9.47 Å². The van der Waals surface area contributed by atoms with Crippen LogP contribution < -0.4 is 20.3 Å². The Labute approximate surface area is 155 Å². The number of ether oxygens (including phenoxy) is 2. The Kier molecular flexibility index (Phi) is 4.16. The van der Waals surface area contributed by atoms with E-state index in [-0.39, 0.29) is 12.7 Å². The van der Waals surface area contributed by atoms with Crippen LogP contribution in [-0.2, 0) is 0 Å². The summed E-state index contributed by atoms with van der Waals surface area (Å²) in [7, 11) is 0. The van der Waals surface area contributed by atoms with Crippen molar-refractivity contribution < 1.29 is 14.3 Å². The molecule has 6 nitrogen and oxygen atoms in total. The van der Waals surface area contributed by atoms with E-state index < -0.39 is 0 Å². The maximum atomic E-state index is 12.6. The van der Waals surface area contributed by atoms with Gasteiger partial charge in [0.05, 0.1) is 5.69 Å². The highest BCUT2D eigenvalue weighted by Crippen LogP contribution is 2.33. The van der Waals surface area contributed by atoms with Crippen molar-refractivity contribution in [1.82, 2.24) is 4.98 Å². The molecule has 8 heteroatoms. The highest BCUT2D eigenvalue weighted by Gasteiger charge is 2.21. The molecular weight excluding hydrogens is 406 g/mol. The number of carbonyl (C=O) groups excluding carboxylic acids is 1. The lowest BCUT2D eigenvalue weighted by atomic mass is 10.2. The fraction of sp³-hybridized carbons (Fsp3) is 0.0588. The average molecular weight is 418 g/mol. The second-order valence-corrected chi connectivity index (χ2v) is 7.02. The van der Waals surface area contributed by atoms with E-state index in [0.29, 0.717) is 22.2 Å². The Bertz CT molecular complexity index is 943. The maximum Gasteiger partial charge on any atom is 0.274 e. The van der Waals surface area contributed by atoms with Crippen molar-refractivity contribution in [1.29, 1.82) is 0 Å². The molecule has 0 saturated heterocycles. The smallest absolute Gasteiger partial charge is 0.274 e. The molecule has 4 rings (SSSR count). The number of benzene rings is 2. The van der Waals surface area contributed by atoms with Crippen LogP contribution in [0.4, 0.5) is 5.13 Å². The van der Waals surface area contributed by atoms with Crippen molar-refractivity contribution in [3.63, 3.8) is 0 Å². The van der Waals surface area contributed by atoms with E-state index in [9.17, 15) is 4.79 Å². The number of amides is 1. The first-order valence-corrected chi connectivity index (χ1v) is 8.99. The van der Waals surface area contributed by atoms with Gasteiger partial charge in [0.15, 0.2) is 11.5 Å². The van der Waals surface area contributed by atoms with Crippen LogP contribution in [0.3, 0.4) is 0 Å². The van der Waals surface area contributed by atoms with E-state index in [1.165, 1.54) is 11.3 Å². The van der Waals surface area contributed by atoms with Crippen LogP contribution >= 0.6 is 27.3 Å². The summed E-state index contributed by atoms with van der Waals surface area (Å²) in [5, 5.41) is 3.33. The second-order valence-electron chi connectivity index (χ2n) is 5.27. The molecule has 1 amide bonds. The third-order valence-electron chi connectivity index (χ3n) is 3.68. The van der Waals surface area contributed by atoms with E-state index in [4.69, 9.17) is 15.3 Å². The van der Waals surface area contributed by atoms with E-state index >= 15 is 0 Å². The van der Waals surface area contributed by atoms with Crippen LogP contribution in [0.15, 0.2) is 52.3 Å². The summed E-state index contributed by atoms with van der Waals surface area (Å²) >= 11 is 4.71. The summed E-state index contributed by atoms with van der Waals surface area (Å²) in [6.07, 6.45) is 0. The van der Waals surface area contributed by atoms with Gasteiger partial charge in [-0.3, -0.25) is 4.79 Å². The fourth-order valence-corrected chi connectivity index (χ4v) is 3.40. The average Bonchev–Trinajstić information content (AvgIpc) is 3.29. The number of rotatable bonds is 3. The number of aromatic nitrogens is 1. The molecule has 0 aliphatic carbocycles. The van der Waals surface area contributed by atoms with Crippen LogP contribution in [0.5, 0.6) is 11.5 Å². The molecule has 0 unspecified atom stereocenters. The van der Waals surface area contributed by atoms with Crippen LogP contribution in [0, 0.1) is 0 Å². The lowest BCUT2D eigenvalue weighted by Crippen LogP contribution is -2.37. The van der Waals surface area contributed by atoms with Crippen molar-refractivity contribution in [2.75, 3.05) is 11.8 Å². The van der Waals surface area contributed by atoms with Crippen molar-refractivity contribution in [2.45, 2.75) is 0 Å². The zero-order valence-corrected chi connectivity index (χ0v) is 15.2. The molecule has 2 aromatic carbocycles. The zero-order valence-electron chi connectivity index (χ0n) is 12.8. The molecule has 1 aromatic heterocycles. The number of nitrogens with two attached hydrogens (primary N) is 1. The highest BCUT2D eigenvalue weighted by molar-refractivity contribution is 9.10. The van der Waals surface area contributed by atoms with E-state index in [0.717, 1.165) is 20.7 Å². The van der Waals surface area contributed by atoms with Crippen molar-refractivity contribution >= 4 is 38.3 Å². The summed E-state index contributed by atoms with van der Waals surface area (Å²) in [6.45, 7) is 0.155. The van der Waals surface area contributed by atoms with Gasteiger partial charge in [-0.15, -0.1) is 11.3 Å². The van der Waals surface area contributed by atoms with Gasteiger partial charge in [0.1, 0.15) is 0 Å². The monoisotopic (exact) mass is 417 g/mol. The number of nitrogens with zero attached hydrogens (tertiary/aromatic N) is 2. The summed E-state index contributed by atoms with van der Waals surface area (Å²) < 4.78 is 11.5. The van der Waals surface area contributed by atoms with Gasteiger partial charge in [0.2, 0.25) is 11.9 Å². The number of fused-ring (bicyclic) bond motifs is 1. The number of hydrogen-bond donors (Lipinski definition) is 1. The zero-order chi connectivity index (χ0) is 17.4. The standard InChI is InChI=1S/C17H12BrN3O3S/c18-12-4-1-10(2-5-12)13-8-25-17(20-13)21(19)16(22)11-3-6-14-15(7-11)24-9-23-14/h1-8H,9,19H2. The first kappa shape index (κ1) is 16.1. The number of thiazole rings is 1. The third-order valence-corrected chi connectivity index (χ3v) is 5.05. The van der Waals surface area contributed by atoms with Crippen LogP contribution in [0.1, 0.15) is 10.4 Å². The van der Waals surface area contributed by atoms with Crippen molar-refractivity contribution in [3.8, 4) is 22.8 Å². The summed E-state index contributed by atoms with van der Waals surface area (Å²) in [5.74, 6) is 6.77. The first-order chi connectivity index (χ1) is 12.1. The van der Waals surface area contributed by atoms with Gasteiger partial charge in [-0.05, 0) is 30.3 Å². The quantitative estimate of drug-likeness (QED) is 0.398. The Morgan fingerprint density at radius 1 is 1.16 bits per heavy atom. The minimum atomic E-state index is -0.366. The molecule has 25 heavy (non-hydrogen) atoms. The summed E-state index contributed by atoms with van der Waals surface area (Å²) in [4.78, 5) is 17.1. The molecule has 126 valence electrons. The molecule has 0 radical (unpaired) electrons. The van der Waals surface area contributed by atoms with Crippen molar-refractivity contribution in [3.05, 3.63) is 57.9 Å². The Morgan fingerprint density at radius 2 is 1.92 bits per heavy atom. The molecular formula is C17H12BrN3O3S. The number of hydrazine groups is 1. The van der Waals surface area contributed by atoms with Gasteiger partial charge in [-0.25, -0.2) is 15.8 Å². The molecule has 0 saturated carbocycles. The molecule has 2 heterocycles. The fourth-order valence-electron chi connectivity index (χ4n) is 2.38. The molecule has 2 N–H and O–H groups in total. The summed E-state index contributed by atoms with van der Waals surface area (Å²) in [6, 6.07) is 12.7. The lowest BCUT2D eigenvalue weighted by molar-refractivity contribution is 0.0986. The minimum Gasteiger partial charge on any atom is -0.454 e. The number of hydrogen-bond acceptors (Lipinski definition) is 6. The molecule has 0 fully saturated rings. The van der Waals surface area contributed by atoms with E-state index in [2.05, 4.69) is 20.9 Å². The SMILES string of the molecule is NN(C(=O)c1ccc2c(c1)OCO2)c1nc(-c2ccc(Br)cc2)cs1. The predicted molar refractivity (Wildman–Crippen MR) is 98.8 cm³/mol. The topological polar surface area (TPSA) is 77.7 Å². The third kappa shape index (κ3) is 3.11. The largest absolute Gasteiger partial charge is 0.454 e. The molecule has 0 atom stereocenters. The van der Waals surface area contributed by atoms with Gasteiger partial charge in [-0.2, -0.15) is 0 Å². The number of halogens is 1. The van der Waals surface area contributed by atoms with Crippen LogP contribution in [0.2, 0.25) is 0 Å². The number of anilines is 1. The highest BCUT2D eigenvalue weighted by atomic mass is 79.9. The molecule has 1 aliphatic rings. The maximum absolute atomic E-state index is 12.6. The van der Waals surface area contributed by atoms with E-state index in [1.54, 1.807) is 18.2 Å². The van der Waals surface area contributed by atoms with Gasteiger partial charge in [0.25, 0.3) is 5.91 Å². The molecule has 0 bridgehead atoms. The van der Waals surface area contributed by atoms with Crippen LogP contribution in [0.25, 0.3) is 11.3 Å². The Hall–Kier alpha value is -2.42. The molecule has 3 aromatic rings. The Balaban J connectivity index is 1.57. The van der Waals surface area contributed by atoms with Gasteiger partial charge in [0, 0.05) is 21.0 Å². The molecule has 1 aliphatic heterocycles. The van der Waals surface area contributed by atoms with Crippen LogP contribution in [-0.4, -0.2) is 17.7 Å². The van der Waals surface area contributed by atoms with Gasteiger partial charge >= 0.3 is 0 Å². The molecule has 0 spiro atoms. The minimum absolute atomic E-state index is 0.155. The first-order valence-electron chi connectivity index (χ1n) is 7.32. The van der Waals surface area contributed by atoms with E-state index in [1.807, 2.05) is 29.6 Å². The van der Waals surface area contributed by atoms with Gasteiger partial charge in [-0.1, -0.05) is 28.1 Å².